The highest BCUT2D eigenvalue weighted by atomic mass is 16.2. The van der Waals surface area contributed by atoms with E-state index in [4.69, 9.17) is 0 Å². The summed E-state index contributed by atoms with van der Waals surface area (Å²) in [5, 5.41) is 3.53. The Kier molecular flexibility index (Phi) is 6.24. The van der Waals surface area contributed by atoms with Crippen LogP contribution in [0.3, 0.4) is 0 Å². The Morgan fingerprint density at radius 2 is 1.90 bits per heavy atom. The second kappa shape index (κ2) is 8.18. The summed E-state index contributed by atoms with van der Waals surface area (Å²) in [6, 6.07) is 9.04. The van der Waals surface area contributed by atoms with Crippen LogP contribution in [0, 0.1) is 0 Å². The number of hydrogen-bond acceptors (Lipinski definition) is 2. The summed E-state index contributed by atoms with van der Waals surface area (Å²) in [7, 11) is 0. The van der Waals surface area contributed by atoms with Crippen molar-refractivity contribution in [2.24, 2.45) is 0 Å². The summed E-state index contributed by atoms with van der Waals surface area (Å²) in [6.45, 7) is 6.92. The van der Waals surface area contributed by atoms with Gasteiger partial charge < -0.3 is 10.2 Å². The largest absolute Gasteiger partial charge is 0.341 e. The number of benzene rings is 1. The molecule has 1 atom stereocenters. The van der Waals surface area contributed by atoms with Crippen molar-refractivity contribution in [2.45, 2.75) is 52.0 Å². The number of hydrogen-bond donors (Lipinski definition) is 1. The van der Waals surface area contributed by atoms with Crippen LogP contribution in [-0.2, 0) is 11.2 Å². The van der Waals surface area contributed by atoms with Crippen molar-refractivity contribution in [2.75, 3.05) is 19.6 Å². The molecule has 0 radical (unpaired) electrons. The molecule has 1 saturated heterocycles. The van der Waals surface area contributed by atoms with Crippen LogP contribution in [0.15, 0.2) is 24.3 Å². The number of aryl methyl sites for hydroxylation is 1. The van der Waals surface area contributed by atoms with Gasteiger partial charge in [-0.25, -0.2) is 0 Å². The molecule has 1 unspecified atom stereocenters. The standard InChI is InChI=1S/C18H28N2O/c1-3-15-9-11-16(12-10-15)17(19-4-2)14-20-13-7-5-6-8-18(20)21/h9-12,17,19H,3-8,13-14H2,1-2H3. The quantitative estimate of drug-likeness (QED) is 0.871. The van der Waals surface area contributed by atoms with Crippen molar-refractivity contribution in [3.63, 3.8) is 0 Å². The zero-order valence-corrected chi connectivity index (χ0v) is 13.4. The second-order valence-electron chi connectivity index (χ2n) is 5.86. The average molecular weight is 288 g/mol. The van der Waals surface area contributed by atoms with Gasteiger partial charge in [0.15, 0.2) is 0 Å². The molecule has 1 fully saturated rings. The summed E-state index contributed by atoms with van der Waals surface area (Å²) in [6.07, 6.45) is 5.15. The van der Waals surface area contributed by atoms with Crippen LogP contribution < -0.4 is 5.32 Å². The van der Waals surface area contributed by atoms with Crippen LogP contribution in [-0.4, -0.2) is 30.4 Å². The average Bonchev–Trinajstić information content (AvgIpc) is 2.72. The van der Waals surface area contributed by atoms with E-state index in [-0.39, 0.29) is 6.04 Å². The second-order valence-corrected chi connectivity index (χ2v) is 5.86. The number of nitrogens with one attached hydrogen (secondary N) is 1. The molecule has 0 saturated carbocycles. The van der Waals surface area contributed by atoms with E-state index in [0.717, 1.165) is 38.9 Å². The molecule has 0 spiro atoms. The Bertz CT molecular complexity index is 441. The van der Waals surface area contributed by atoms with Crippen molar-refractivity contribution in [3.8, 4) is 0 Å². The third-order valence-electron chi connectivity index (χ3n) is 4.32. The molecule has 1 aliphatic rings. The molecule has 3 nitrogen and oxygen atoms in total. The first-order valence-electron chi connectivity index (χ1n) is 8.34. The number of rotatable bonds is 6. The van der Waals surface area contributed by atoms with Crippen molar-refractivity contribution in [1.29, 1.82) is 0 Å². The number of likely N-dealkylation sites (N-methyl/N-ethyl adjacent to an activating group) is 1. The minimum Gasteiger partial charge on any atom is -0.341 e. The molecule has 1 amide bonds. The lowest BCUT2D eigenvalue weighted by Gasteiger charge is -2.27. The van der Waals surface area contributed by atoms with Gasteiger partial charge in [0.25, 0.3) is 0 Å². The Hall–Kier alpha value is -1.35. The Morgan fingerprint density at radius 1 is 1.14 bits per heavy atom. The minimum absolute atomic E-state index is 0.239. The molecule has 0 bridgehead atoms. The maximum atomic E-state index is 12.2. The Labute approximate surface area is 128 Å². The van der Waals surface area contributed by atoms with Gasteiger partial charge in [0.05, 0.1) is 0 Å². The molecule has 1 heterocycles. The first-order chi connectivity index (χ1) is 10.2. The normalized spacial score (nSPS) is 17.6. The number of carbonyl (C=O) groups is 1. The fourth-order valence-electron chi connectivity index (χ4n) is 2.97. The van der Waals surface area contributed by atoms with Crippen molar-refractivity contribution < 1.29 is 4.79 Å². The van der Waals surface area contributed by atoms with E-state index in [2.05, 4.69) is 43.4 Å². The molecular weight excluding hydrogens is 260 g/mol. The number of amides is 1. The van der Waals surface area contributed by atoms with Crippen LogP contribution in [0.5, 0.6) is 0 Å². The van der Waals surface area contributed by atoms with E-state index in [1.165, 1.54) is 17.5 Å². The van der Waals surface area contributed by atoms with E-state index < -0.39 is 0 Å². The lowest BCUT2D eigenvalue weighted by atomic mass is 10.0. The van der Waals surface area contributed by atoms with E-state index in [0.29, 0.717) is 12.3 Å². The van der Waals surface area contributed by atoms with E-state index >= 15 is 0 Å². The van der Waals surface area contributed by atoms with Crippen LogP contribution in [0.2, 0.25) is 0 Å². The minimum atomic E-state index is 0.239. The third kappa shape index (κ3) is 4.57. The maximum absolute atomic E-state index is 12.2. The third-order valence-corrected chi connectivity index (χ3v) is 4.32. The monoisotopic (exact) mass is 288 g/mol. The van der Waals surface area contributed by atoms with Crippen molar-refractivity contribution in [1.82, 2.24) is 10.2 Å². The highest BCUT2D eigenvalue weighted by Gasteiger charge is 2.21. The van der Waals surface area contributed by atoms with Gasteiger partial charge in [-0.15, -0.1) is 0 Å². The fourth-order valence-corrected chi connectivity index (χ4v) is 2.97. The van der Waals surface area contributed by atoms with Gasteiger partial charge in [0, 0.05) is 25.6 Å². The van der Waals surface area contributed by atoms with Gasteiger partial charge in [-0.1, -0.05) is 44.5 Å². The van der Waals surface area contributed by atoms with Crippen LogP contribution in [0.4, 0.5) is 0 Å². The highest BCUT2D eigenvalue weighted by molar-refractivity contribution is 5.76. The van der Waals surface area contributed by atoms with Gasteiger partial charge in [-0.2, -0.15) is 0 Å². The van der Waals surface area contributed by atoms with Crippen molar-refractivity contribution >= 4 is 5.91 Å². The molecule has 21 heavy (non-hydrogen) atoms. The van der Waals surface area contributed by atoms with Gasteiger partial charge >= 0.3 is 0 Å². The number of carbonyl (C=O) groups excluding carboxylic acids is 1. The number of nitrogens with zero attached hydrogens (tertiary/aromatic N) is 1. The van der Waals surface area contributed by atoms with Crippen molar-refractivity contribution in [3.05, 3.63) is 35.4 Å². The highest BCUT2D eigenvalue weighted by Crippen LogP contribution is 2.19. The zero-order valence-electron chi connectivity index (χ0n) is 13.4. The van der Waals surface area contributed by atoms with Crippen LogP contribution in [0.1, 0.15) is 56.7 Å². The molecular formula is C18H28N2O. The summed E-state index contributed by atoms with van der Waals surface area (Å²) < 4.78 is 0. The Balaban J connectivity index is 2.07. The van der Waals surface area contributed by atoms with Crippen LogP contribution >= 0.6 is 0 Å². The van der Waals surface area contributed by atoms with E-state index in [1.807, 2.05) is 4.90 Å². The fraction of sp³-hybridized carbons (Fsp3) is 0.611. The summed E-state index contributed by atoms with van der Waals surface area (Å²) >= 11 is 0. The predicted molar refractivity (Wildman–Crippen MR) is 87.3 cm³/mol. The Morgan fingerprint density at radius 3 is 2.57 bits per heavy atom. The lowest BCUT2D eigenvalue weighted by Crippen LogP contribution is -2.38. The van der Waals surface area contributed by atoms with E-state index in [1.54, 1.807) is 0 Å². The zero-order chi connectivity index (χ0) is 15.1. The topological polar surface area (TPSA) is 32.3 Å². The summed E-state index contributed by atoms with van der Waals surface area (Å²) in [4.78, 5) is 14.2. The molecule has 116 valence electrons. The lowest BCUT2D eigenvalue weighted by molar-refractivity contribution is -0.131. The van der Waals surface area contributed by atoms with Gasteiger partial charge in [-0.05, 0) is 36.9 Å². The summed E-state index contributed by atoms with van der Waals surface area (Å²) in [5.74, 6) is 0.320. The SMILES string of the molecule is CCNC(CN1CCCCCC1=O)c1ccc(CC)cc1. The maximum Gasteiger partial charge on any atom is 0.222 e. The molecule has 1 aromatic carbocycles. The molecule has 1 N–H and O–H groups in total. The van der Waals surface area contributed by atoms with Crippen LogP contribution in [0.25, 0.3) is 0 Å². The van der Waals surface area contributed by atoms with Gasteiger partial charge in [0.2, 0.25) is 5.91 Å². The number of likely N-dealkylation sites (tertiary alicyclic amines) is 1. The van der Waals surface area contributed by atoms with E-state index in [9.17, 15) is 4.79 Å². The molecule has 1 aromatic rings. The molecule has 3 heteroatoms. The first kappa shape index (κ1) is 16.0. The molecule has 1 aliphatic heterocycles. The molecule has 0 aliphatic carbocycles. The molecule has 0 aromatic heterocycles. The smallest absolute Gasteiger partial charge is 0.222 e. The van der Waals surface area contributed by atoms with Gasteiger partial charge in [0.1, 0.15) is 0 Å². The predicted octanol–water partition coefficient (Wildman–Crippen LogP) is 3.30. The summed E-state index contributed by atoms with van der Waals surface area (Å²) in [5.41, 5.74) is 2.64. The molecule has 2 rings (SSSR count). The first-order valence-corrected chi connectivity index (χ1v) is 8.34. The van der Waals surface area contributed by atoms with Gasteiger partial charge in [-0.3, -0.25) is 4.79 Å².